The largest absolute Gasteiger partial charge is 0.435 e. The molecule has 1 aliphatic rings. The molecule has 1 rings (SSSR count). The predicted molar refractivity (Wildman–Crippen MR) is 21.5 cm³/mol. The molecule has 3 heteroatoms. The molecule has 0 aliphatic carbocycles. The summed E-state index contributed by atoms with van der Waals surface area (Å²) in [6.45, 7) is 0. The summed E-state index contributed by atoms with van der Waals surface area (Å²) in [5, 5.41) is 0. The number of rotatable bonds is 1. The summed E-state index contributed by atoms with van der Waals surface area (Å²) in [5.41, 5.74) is 0. The van der Waals surface area contributed by atoms with Gasteiger partial charge in [-0.05, 0) is 0 Å². The fraction of sp³-hybridized carbons (Fsp3) is 0.750. The minimum absolute atomic E-state index is 0.174. The number of cyclic esters (lactones) is 1. The number of esters is 1. The molecule has 0 N–H and O–H groups in total. The first kappa shape index (κ1) is 4.59. The first-order valence-electron chi connectivity index (χ1n) is 2.05. The molecule has 7 heavy (non-hydrogen) atoms. The Morgan fingerprint density at radius 2 is 2.57 bits per heavy atom. The van der Waals surface area contributed by atoms with E-state index in [0.717, 1.165) is 0 Å². The van der Waals surface area contributed by atoms with Crippen LogP contribution < -0.4 is 0 Å². The fourth-order valence-corrected chi connectivity index (χ4v) is 0.405. The highest BCUT2D eigenvalue weighted by Gasteiger charge is 2.27. The van der Waals surface area contributed by atoms with Gasteiger partial charge in [-0.1, -0.05) is 0 Å². The Hall–Kier alpha value is -0.570. The van der Waals surface area contributed by atoms with Gasteiger partial charge in [0.1, 0.15) is 6.42 Å². The van der Waals surface area contributed by atoms with E-state index in [1.165, 1.54) is 7.11 Å². The molecule has 1 aliphatic heterocycles. The van der Waals surface area contributed by atoms with E-state index < -0.39 is 0 Å². The Labute approximate surface area is 41.2 Å². The van der Waals surface area contributed by atoms with Gasteiger partial charge in [0.25, 0.3) is 0 Å². The van der Waals surface area contributed by atoms with Crippen molar-refractivity contribution in [2.45, 2.75) is 12.7 Å². The van der Waals surface area contributed by atoms with E-state index in [1.807, 2.05) is 0 Å². The second-order valence-electron chi connectivity index (χ2n) is 1.36. The second kappa shape index (κ2) is 1.50. The molecule has 1 unspecified atom stereocenters. The normalized spacial score (nSPS) is 28.7. The van der Waals surface area contributed by atoms with Gasteiger partial charge in [0, 0.05) is 7.11 Å². The zero-order valence-electron chi connectivity index (χ0n) is 4.01. The van der Waals surface area contributed by atoms with Gasteiger partial charge < -0.3 is 9.47 Å². The first-order valence-corrected chi connectivity index (χ1v) is 2.05. The summed E-state index contributed by atoms with van der Waals surface area (Å²) in [4.78, 5) is 9.97. The van der Waals surface area contributed by atoms with E-state index in [1.54, 1.807) is 0 Å². The van der Waals surface area contributed by atoms with Crippen molar-refractivity contribution in [3.8, 4) is 0 Å². The number of methoxy groups -OCH3 is 1. The van der Waals surface area contributed by atoms with Gasteiger partial charge in [0.15, 0.2) is 0 Å². The summed E-state index contributed by atoms with van der Waals surface area (Å²) in [6, 6.07) is 0. The number of ether oxygens (including phenoxy) is 2. The van der Waals surface area contributed by atoms with E-state index >= 15 is 0 Å². The zero-order chi connectivity index (χ0) is 5.28. The van der Waals surface area contributed by atoms with Gasteiger partial charge >= 0.3 is 5.97 Å². The maximum Gasteiger partial charge on any atom is 0.314 e. The molecule has 1 saturated heterocycles. The van der Waals surface area contributed by atoms with Crippen molar-refractivity contribution in [2.24, 2.45) is 0 Å². The zero-order valence-corrected chi connectivity index (χ0v) is 4.01. The highest BCUT2D eigenvalue weighted by Crippen LogP contribution is 2.11. The van der Waals surface area contributed by atoms with Crippen LogP contribution in [0.2, 0.25) is 0 Å². The topological polar surface area (TPSA) is 35.5 Å². The van der Waals surface area contributed by atoms with Crippen LogP contribution >= 0.6 is 0 Å². The number of carbonyl (C=O) groups excluding carboxylic acids is 1. The summed E-state index contributed by atoms with van der Waals surface area (Å²) in [5.74, 6) is -0.174. The number of hydrogen-bond acceptors (Lipinski definition) is 3. The molecule has 0 spiro atoms. The maximum absolute atomic E-state index is 9.97. The van der Waals surface area contributed by atoms with Crippen LogP contribution in [0, 0.1) is 0 Å². The lowest BCUT2D eigenvalue weighted by Crippen LogP contribution is -2.33. The molecular formula is C4H6O3. The van der Waals surface area contributed by atoms with Gasteiger partial charge in [-0.3, -0.25) is 4.79 Å². The van der Waals surface area contributed by atoms with Crippen molar-refractivity contribution in [2.75, 3.05) is 7.11 Å². The molecule has 0 amide bonds. The van der Waals surface area contributed by atoms with Crippen LogP contribution in [0.3, 0.4) is 0 Å². The molecule has 0 bridgehead atoms. The summed E-state index contributed by atoms with van der Waals surface area (Å²) >= 11 is 0. The summed E-state index contributed by atoms with van der Waals surface area (Å²) in [7, 11) is 1.51. The molecular weight excluding hydrogens is 96.0 g/mol. The molecule has 1 heterocycles. The van der Waals surface area contributed by atoms with E-state index in [-0.39, 0.29) is 12.3 Å². The Morgan fingerprint density at radius 1 is 2.00 bits per heavy atom. The molecule has 0 radical (unpaired) electrons. The third kappa shape index (κ3) is 0.718. The molecule has 0 aromatic heterocycles. The van der Waals surface area contributed by atoms with Crippen LogP contribution in [0.5, 0.6) is 0 Å². The molecule has 3 nitrogen and oxygen atoms in total. The van der Waals surface area contributed by atoms with Crippen LogP contribution in [0.15, 0.2) is 0 Å². The summed E-state index contributed by atoms with van der Waals surface area (Å²) < 4.78 is 9.04. The average Bonchev–Trinajstić information content (AvgIpc) is 1.58. The van der Waals surface area contributed by atoms with Crippen LogP contribution in [-0.4, -0.2) is 19.4 Å². The third-order valence-corrected chi connectivity index (χ3v) is 0.859. The smallest absolute Gasteiger partial charge is 0.314 e. The molecule has 40 valence electrons. The van der Waals surface area contributed by atoms with E-state index in [4.69, 9.17) is 0 Å². The Balaban J connectivity index is 2.17. The molecule has 1 fully saturated rings. The standard InChI is InChI=1S/C4H6O3/c1-6-4-2-3(5)7-4/h4H,2H2,1H3. The maximum atomic E-state index is 9.97. The van der Waals surface area contributed by atoms with Crippen molar-refractivity contribution >= 4 is 5.97 Å². The lowest BCUT2D eigenvalue weighted by Gasteiger charge is -2.22. The monoisotopic (exact) mass is 102 g/mol. The van der Waals surface area contributed by atoms with Crippen molar-refractivity contribution in [1.82, 2.24) is 0 Å². The van der Waals surface area contributed by atoms with E-state index in [2.05, 4.69) is 9.47 Å². The summed E-state index contributed by atoms with van der Waals surface area (Å²) in [6.07, 6.45) is 0.156. The molecule has 0 aromatic rings. The van der Waals surface area contributed by atoms with Gasteiger partial charge in [-0.15, -0.1) is 0 Å². The number of hydrogen-bond donors (Lipinski definition) is 0. The van der Waals surface area contributed by atoms with E-state index in [0.29, 0.717) is 6.42 Å². The van der Waals surface area contributed by atoms with Crippen LogP contribution in [0.1, 0.15) is 6.42 Å². The van der Waals surface area contributed by atoms with E-state index in [9.17, 15) is 4.79 Å². The van der Waals surface area contributed by atoms with Crippen molar-refractivity contribution < 1.29 is 14.3 Å². The lowest BCUT2D eigenvalue weighted by atomic mass is 10.3. The van der Waals surface area contributed by atoms with Gasteiger partial charge in [0.2, 0.25) is 6.29 Å². The third-order valence-electron chi connectivity index (χ3n) is 0.859. The average molecular weight is 102 g/mol. The highest BCUT2D eigenvalue weighted by molar-refractivity contribution is 5.74. The van der Waals surface area contributed by atoms with Crippen LogP contribution in [0.25, 0.3) is 0 Å². The Kier molecular flexibility index (Phi) is 0.982. The Bertz CT molecular complexity index is 80.9. The Morgan fingerprint density at radius 3 is 2.71 bits per heavy atom. The van der Waals surface area contributed by atoms with Crippen molar-refractivity contribution in [3.63, 3.8) is 0 Å². The van der Waals surface area contributed by atoms with Crippen LogP contribution in [-0.2, 0) is 14.3 Å². The fourth-order valence-electron chi connectivity index (χ4n) is 0.405. The van der Waals surface area contributed by atoms with Crippen molar-refractivity contribution in [1.29, 1.82) is 0 Å². The molecule has 0 aromatic carbocycles. The quantitative estimate of drug-likeness (QED) is 0.434. The molecule has 0 saturated carbocycles. The van der Waals surface area contributed by atoms with Crippen LogP contribution in [0.4, 0.5) is 0 Å². The van der Waals surface area contributed by atoms with Gasteiger partial charge in [0.05, 0.1) is 0 Å². The minimum atomic E-state index is -0.257. The lowest BCUT2D eigenvalue weighted by molar-refractivity contribution is -0.210. The number of carbonyl (C=O) groups is 1. The van der Waals surface area contributed by atoms with Gasteiger partial charge in [-0.2, -0.15) is 0 Å². The minimum Gasteiger partial charge on any atom is -0.435 e. The van der Waals surface area contributed by atoms with Crippen molar-refractivity contribution in [3.05, 3.63) is 0 Å². The highest BCUT2D eigenvalue weighted by atomic mass is 16.7. The molecule has 1 atom stereocenters. The second-order valence-corrected chi connectivity index (χ2v) is 1.36. The van der Waals surface area contributed by atoms with Gasteiger partial charge in [-0.25, -0.2) is 0 Å². The predicted octanol–water partition coefficient (Wildman–Crippen LogP) is -0.0942. The SMILES string of the molecule is COC1CC(=O)O1. The first-order chi connectivity index (χ1) is 3.33.